The first-order valence-corrected chi connectivity index (χ1v) is 10.0. The van der Waals surface area contributed by atoms with E-state index in [0.717, 1.165) is 18.7 Å². The van der Waals surface area contributed by atoms with Gasteiger partial charge in [-0.1, -0.05) is 78.9 Å². The Bertz CT molecular complexity index is 829. The summed E-state index contributed by atoms with van der Waals surface area (Å²) in [5.41, 5.74) is 3.54. The lowest BCUT2D eigenvalue weighted by molar-refractivity contribution is 0.336. The largest absolute Gasteiger partial charge is 0.494 e. The van der Waals surface area contributed by atoms with Gasteiger partial charge in [-0.2, -0.15) is 0 Å². The Morgan fingerprint density at radius 1 is 0.857 bits per heavy atom. The van der Waals surface area contributed by atoms with Gasteiger partial charge >= 0.3 is 0 Å². The number of hydrogen-bond acceptors (Lipinski definition) is 2. The highest BCUT2D eigenvalue weighted by Crippen LogP contribution is 2.22. The first-order chi connectivity index (χ1) is 13.8. The Morgan fingerprint density at radius 2 is 1.43 bits per heavy atom. The van der Waals surface area contributed by atoms with E-state index >= 15 is 0 Å². The summed E-state index contributed by atoms with van der Waals surface area (Å²) in [4.78, 5) is 0. The number of ether oxygens (including phenoxy) is 1. The van der Waals surface area contributed by atoms with Crippen LogP contribution in [0, 0.1) is 0 Å². The third-order valence-electron chi connectivity index (χ3n) is 4.49. The first-order valence-electron chi connectivity index (χ1n) is 9.63. The van der Waals surface area contributed by atoms with Crippen molar-refractivity contribution in [3.8, 4) is 5.75 Å². The van der Waals surface area contributed by atoms with E-state index in [9.17, 15) is 0 Å². The number of benzene rings is 3. The maximum atomic E-state index is 5.70. The van der Waals surface area contributed by atoms with Crippen LogP contribution in [0.4, 0.5) is 0 Å². The molecule has 0 saturated carbocycles. The van der Waals surface area contributed by atoms with E-state index < -0.39 is 0 Å². The molecule has 0 bridgehead atoms. The molecule has 3 aromatic carbocycles. The zero-order chi connectivity index (χ0) is 19.6. The van der Waals surface area contributed by atoms with Crippen molar-refractivity contribution < 1.29 is 4.74 Å². The van der Waals surface area contributed by atoms with Crippen molar-refractivity contribution in [1.82, 2.24) is 10.6 Å². The fraction of sp³-hybridized carbons (Fsp3) is 0.208. The van der Waals surface area contributed by atoms with Crippen molar-refractivity contribution in [3.63, 3.8) is 0 Å². The summed E-state index contributed by atoms with van der Waals surface area (Å²) in [5.74, 6) is 0.942. The molecule has 3 nitrogen and oxygen atoms in total. The Morgan fingerprint density at radius 3 is 2.04 bits per heavy atom. The molecule has 0 fully saturated rings. The minimum atomic E-state index is 0.0121. The minimum Gasteiger partial charge on any atom is -0.494 e. The van der Waals surface area contributed by atoms with E-state index in [2.05, 4.69) is 41.0 Å². The molecule has 0 unspecified atom stereocenters. The standard InChI is InChI=1S/C24H26N2OS/c1-2-27-22-16-10-9-11-19(22)17-18-25-24(28)26-23(20-12-5-3-6-13-20)21-14-7-4-8-15-21/h3-16,23H,2,17-18H2,1H3,(H2,25,26,28). The van der Waals surface area contributed by atoms with Crippen LogP contribution in [-0.4, -0.2) is 18.3 Å². The summed E-state index contributed by atoms with van der Waals surface area (Å²) in [5, 5.41) is 7.44. The third-order valence-corrected chi connectivity index (χ3v) is 4.76. The number of rotatable bonds is 8. The maximum absolute atomic E-state index is 5.70. The van der Waals surface area contributed by atoms with Crippen molar-refractivity contribution in [3.05, 3.63) is 102 Å². The van der Waals surface area contributed by atoms with Crippen LogP contribution < -0.4 is 15.4 Å². The summed E-state index contributed by atoms with van der Waals surface area (Å²) in [7, 11) is 0. The molecule has 0 aromatic heterocycles. The van der Waals surface area contributed by atoms with Crippen LogP contribution in [0.1, 0.15) is 29.7 Å². The van der Waals surface area contributed by atoms with E-state index in [-0.39, 0.29) is 6.04 Å². The minimum absolute atomic E-state index is 0.0121. The molecule has 0 atom stereocenters. The summed E-state index contributed by atoms with van der Waals surface area (Å²) in [6, 6.07) is 28.9. The molecule has 4 heteroatoms. The maximum Gasteiger partial charge on any atom is 0.167 e. The van der Waals surface area contributed by atoms with Crippen LogP contribution in [0.3, 0.4) is 0 Å². The third kappa shape index (κ3) is 5.57. The lowest BCUT2D eigenvalue weighted by Crippen LogP contribution is -2.39. The molecule has 0 aliphatic rings. The molecule has 28 heavy (non-hydrogen) atoms. The van der Waals surface area contributed by atoms with Crippen molar-refractivity contribution in [2.45, 2.75) is 19.4 Å². The zero-order valence-electron chi connectivity index (χ0n) is 16.1. The lowest BCUT2D eigenvalue weighted by Gasteiger charge is -2.22. The zero-order valence-corrected chi connectivity index (χ0v) is 16.9. The highest BCUT2D eigenvalue weighted by molar-refractivity contribution is 7.80. The molecule has 0 spiro atoms. The van der Waals surface area contributed by atoms with Crippen LogP contribution in [0.25, 0.3) is 0 Å². The molecule has 0 amide bonds. The van der Waals surface area contributed by atoms with Gasteiger partial charge in [-0.25, -0.2) is 0 Å². The van der Waals surface area contributed by atoms with Crippen molar-refractivity contribution in [2.24, 2.45) is 0 Å². The first kappa shape index (κ1) is 19.9. The molecule has 0 heterocycles. The van der Waals surface area contributed by atoms with E-state index in [1.807, 2.05) is 61.5 Å². The van der Waals surface area contributed by atoms with Crippen LogP contribution >= 0.6 is 12.2 Å². The van der Waals surface area contributed by atoms with E-state index in [1.165, 1.54) is 16.7 Å². The van der Waals surface area contributed by atoms with Gasteiger partial charge in [-0.3, -0.25) is 0 Å². The summed E-state index contributed by atoms with van der Waals surface area (Å²) in [6.45, 7) is 3.41. The van der Waals surface area contributed by atoms with Crippen LogP contribution in [-0.2, 0) is 6.42 Å². The SMILES string of the molecule is CCOc1ccccc1CCNC(=S)NC(c1ccccc1)c1ccccc1. The molecule has 3 rings (SSSR count). The topological polar surface area (TPSA) is 33.3 Å². The van der Waals surface area contributed by atoms with Crippen LogP contribution in [0.15, 0.2) is 84.9 Å². The lowest BCUT2D eigenvalue weighted by atomic mass is 9.99. The van der Waals surface area contributed by atoms with Gasteiger partial charge in [0.25, 0.3) is 0 Å². The van der Waals surface area contributed by atoms with Gasteiger partial charge in [0.1, 0.15) is 5.75 Å². The molecule has 0 saturated heterocycles. The quantitative estimate of drug-likeness (QED) is 0.537. The highest BCUT2D eigenvalue weighted by Gasteiger charge is 2.14. The van der Waals surface area contributed by atoms with Gasteiger partial charge in [-0.15, -0.1) is 0 Å². The molecular formula is C24H26N2OS. The fourth-order valence-corrected chi connectivity index (χ4v) is 3.37. The Hall–Kier alpha value is -2.85. The Kier molecular flexibility index (Phi) is 7.44. The monoisotopic (exact) mass is 390 g/mol. The number of para-hydroxylation sites is 1. The Balaban J connectivity index is 1.62. The molecule has 2 N–H and O–H groups in total. The average Bonchev–Trinajstić information content (AvgIpc) is 2.75. The molecular weight excluding hydrogens is 364 g/mol. The van der Waals surface area contributed by atoms with Crippen LogP contribution in [0.5, 0.6) is 5.75 Å². The highest BCUT2D eigenvalue weighted by atomic mass is 32.1. The van der Waals surface area contributed by atoms with Crippen molar-refractivity contribution >= 4 is 17.3 Å². The fourth-order valence-electron chi connectivity index (χ4n) is 3.15. The molecule has 0 aliphatic carbocycles. The molecule has 144 valence electrons. The number of thiocarbonyl (C=S) groups is 1. The second-order valence-electron chi connectivity index (χ2n) is 6.45. The summed E-state index contributed by atoms with van der Waals surface area (Å²) in [6.07, 6.45) is 0.847. The van der Waals surface area contributed by atoms with Gasteiger partial charge < -0.3 is 15.4 Å². The van der Waals surface area contributed by atoms with E-state index in [0.29, 0.717) is 11.7 Å². The average molecular weight is 391 g/mol. The van der Waals surface area contributed by atoms with Crippen LogP contribution in [0.2, 0.25) is 0 Å². The smallest absolute Gasteiger partial charge is 0.167 e. The van der Waals surface area contributed by atoms with Gasteiger partial charge in [0, 0.05) is 6.54 Å². The van der Waals surface area contributed by atoms with Crippen molar-refractivity contribution in [1.29, 1.82) is 0 Å². The molecule has 0 aliphatic heterocycles. The van der Waals surface area contributed by atoms with Gasteiger partial charge in [0.15, 0.2) is 5.11 Å². The second kappa shape index (κ2) is 10.5. The predicted octanol–water partition coefficient (Wildman–Crippen LogP) is 4.88. The Labute approximate surface area is 172 Å². The molecule has 3 aromatic rings. The van der Waals surface area contributed by atoms with Crippen molar-refractivity contribution in [2.75, 3.05) is 13.2 Å². The van der Waals surface area contributed by atoms with E-state index in [1.54, 1.807) is 0 Å². The summed E-state index contributed by atoms with van der Waals surface area (Å²) >= 11 is 5.58. The number of hydrogen-bond donors (Lipinski definition) is 2. The number of nitrogens with one attached hydrogen (secondary N) is 2. The van der Waals surface area contributed by atoms with Gasteiger partial charge in [0.2, 0.25) is 0 Å². The normalized spacial score (nSPS) is 10.5. The van der Waals surface area contributed by atoms with E-state index in [4.69, 9.17) is 17.0 Å². The van der Waals surface area contributed by atoms with Gasteiger partial charge in [-0.05, 0) is 48.3 Å². The summed E-state index contributed by atoms with van der Waals surface area (Å²) < 4.78 is 5.70. The molecule has 0 radical (unpaired) electrons. The predicted molar refractivity (Wildman–Crippen MR) is 120 cm³/mol. The van der Waals surface area contributed by atoms with Gasteiger partial charge in [0.05, 0.1) is 12.6 Å². The second-order valence-corrected chi connectivity index (χ2v) is 6.85.